The van der Waals surface area contributed by atoms with E-state index in [1.54, 1.807) is 18.2 Å². The number of carbonyl (C=O) groups excluding carboxylic acids is 1. The average Bonchev–Trinajstić information content (AvgIpc) is 2.85. The number of amides is 1. The number of aliphatic hydroxyl groups is 1. The molecule has 0 radical (unpaired) electrons. The van der Waals surface area contributed by atoms with Gasteiger partial charge in [-0.1, -0.05) is 15.9 Å². The maximum Gasteiger partial charge on any atom is 0.262 e. The standard InChI is InChI=1S/C13H12BrNO3S/c14-9-1-3-10(4-2-9)18-8-13(17)15-11-5-6-19-12(11)7-16/h1-6,16H,7-8H2,(H,15,17). The lowest BCUT2D eigenvalue weighted by atomic mass is 10.3. The molecule has 0 aliphatic heterocycles. The number of rotatable bonds is 5. The highest BCUT2D eigenvalue weighted by molar-refractivity contribution is 9.10. The third-order valence-electron chi connectivity index (χ3n) is 2.35. The van der Waals surface area contributed by atoms with Crippen LogP contribution in [0.4, 0.5) is 5.69 Å². The molecule has 0 unspecified atom stereocenters. The molecule has 2 N–H and O–H groups in total. The number of carbonyl (C=O) groups is 1. The van der Waals surface area contributed by atoms with Crippen molar-refractivity contribution < 1.29 is 14.6 Å². The van der Waals surface area contributed by atoms with Crippen LogP contribution in [0.1, 0.15) is 4.88 Å². The van der Waals surface area contributed by atoms with Gasteiger partial charge in [-0.2, -0.15) is 0 Å². The van der Waals surface area contributed by atoms with Gasteiger partial charge in [-0.25, -0.2) is 0 Å². The number of nitrogens with one attached hydrogen (secondary N) is 1. The Hall–Kier alpha value is -1.37. The zero-order chi connectivity index (χ0) is 13.7. The first kappa shape index (κ1) is 14.0. The Bertz CT molecular complexity index is 553. The van der Waals surface area contributed by atoms with E-state index in [2.05, 4.69) is 21.2 Å². The van der Waals surface area contributed by atoms with E-state index in [1.807, 2.05) is 17.5 Å². The summed E-state index contributed by atoms with van der Waals surface area (Å²) in [6.07, 6.45) is 0. The molecule has 2 aromatic rings. The van der Waals surface area contributed by atoms with E-state index in [1.165, 1.54) is 11.3 Å². The van der Waals surface area contributed by atoms with Crippen LogP contribution in [-0.2, 0) is 11.4 Å². The molecular formula is C13H12BrNO3S. The van der Waals surface area contributed by atoms with E-state index in [-0.39, 0.29) is 19.1 Å². The van der Waals surface area contributed by atoms with Crippen LogP contribution in [0, 0.1) is 0 Å². The van der Waals surface area contributed by atoms with Gasteiger partial charge in [0, 0.05) is 4.47 Å². The molecule has 0 aliphatic rings. The second kappa shape index (κ2) is 6.70. The normalized spacial score (nSPS) is 10.2. The fraction of sp³-hybridized carbons (Fsp3) is 0.154. The van der Waals surface area contributed by atoms with Crippen molar-refractivity contribution in [2.75, 3.05) is 11.9 Å². The molecule has 4 nitrogen and oxygen atoms in total. The van der Waals surface area contributed by atoms with Gasteiger partial charge in [0.1, 0.15) is 5.75 Å². The molecule has 0 atom stereocenters. The Morgan fingerprint density at radius 3 is 2.74 bits per heavy atom. The van der Waals surface area contributed by atoms with Gasteiger partial charge < -0.3 is 15.2 Å². The molecule has 0 saturated heterocycles. The van der Waals surface area contributed by atoms with E-state index in [0.29, 0.717) is 11.4 Å². The molecular weight excluding hydrogens is 330 g/mol. The number of anilines is 1. The zero-order valence-corrected chi connectivity index (χ0v) is 12.3. The van der Waals surface area contributed by atoms with Crippen molar-refractivity contribution in [2.24, 2.45) is 0 Å². The topological polar surface area (TPSA) is 58.6 Å². The second-order valence-corrected chi connectivity index (χ2v) is 5.62. The van der Waals surface area contributed by atoms with Crippen LogP contribution in [0.2, 0.25) is 0 Å². The monoisotopic (exact) mass is 341 g/mol. The zero-order valence-electron chi connectivity index (χ0n) is 9.93. The number of ether oxygens (including phenoxy) is 1. The Morgan fingerprint density at radius 1 is 1.32 bits per heavy atom. The van der Waals surface area contributed by atoms with Gasteiger partial charge in [0.05, 0.1) is 17.2 Å². The summed E-state index contributed by atoms with van der Waals surface area (Å²) in [5, 5.41) is 13.6. The Morgan fingerprint density at radius 2 is 2.05 bits per heavy atom. The maximum atomic E-state index is 11.7. The fourth-order valence-electron chi connectivity index (χ4n) is 1.44. The summed E-state index contributed by atoms with van der Waals surface area (Å²) >= 11 is 4.72. The van der Waals surface area contributed by atoms with Gasteiger partial charge in [-0.15, -0.1) is 11.3 Å². The van der Waals surface area contributed by atoms with E-state index in [4.69, 9.17) is 9.84 Å². The first-order chi connectivity index (χ1) is 9.19. The quantitative estimate of drug-likeness (QED) is 0.878. The molecule has 0 fully saturated rings. The van der Waals surface area contributed by atoms with Gasteiger partial charge in [0.25, 0.3) is 5.91 Å². The lowest BCUT2D eigenvalue weighted by Gasteiger charge is -2.07. The molecule has 0 aliphatic carbocycles. The van der Waals surface area contributed by atoms with Crippen LogP contribution in [0.25, 0.3) is 0 Å². The summed E-state index contributed by atoms with van der Waals surface area (Å²) < 4.78 is 6.31. The molecule has 19 heavy (non-hydrogen) atoms. The summed E-state index contributed by atoms with van der Waals surface area (Å²) in [6.45, 7) is -0.150. The average molecular weight is 342 g/mol. The highest BCUT2D eigenvalue weighted by Crippen LogP contribution is 2.22. The van der Waals surface area contributed by atoms with Crippen LogP contribution in [0.3, 0.4) is 0 Å². The number of thiophene rings is 1. The van der Waals surface area contributed by atoms with Crippen molar-refractivity contribution in [1.82, 2.24) is 0 Å². The van der Waals surface area contributed by atoms with Crippen molar-refractivity contribution in [1.29, 1.82) is 0 Å². The Balaban J connectivity index is 1.86. The van der Waals surface area contributed by atoms with E-state index < -0.39 is 0 Å². The van der Waals surface area contributed by atoms with Crippen molar-refractivity contribution >= 4 is 38.9 Å². The third kappa shape index (κ3) is 4.05. The summed E-state index contributed by atoms with van der Waals surface area (Å²) in [5.74, 6) is 0.377. The van der Waals surface area contributed by atoms with Crippen LogP contribution in [0.15, 0.2) is 40.2 Å². The fourth-order valence-corrected chi connectivity index (χ4v) is 2.39. The van der Waals surface area contributed by atoms with Gasteiger partial charge in [0.15, 0.2) is 6.61 Å². The van der Waals surface area contributed by atoms with E-state index >= 15 is 0 Å². The molecule has 1 amide bonds. The molecule has 1 heterocycles. The SMILES string of the molecule is O=C(COc1ccc(Br)cc1)Nc1ccsc1CO. The molecule has 1 aromatic heterocycles. The summed E-state index contributed by atoms with van der Waals surface area (Å²) in [7, 11) is 0. The minimum atomic E-state index is -0.254. The van der Waals surface area contributed by atoms with Crippen molar-refractivity contribution in [3.63, 3.8) is 0 Å². The number of aliphatic hydroxyl groups excluding tert-OH is 1. The first-order valence-electron chi connectivity index (χ1n) is 5.54. The predicted molar refractivity (Wildman–Crippen MR) is 78.5 cm³/mol. The molecule has 100 valence electrons. The van der Waals surface area contributed by atoms with Gasteiger partial charge in [-0.05, 0) is 35.7 Å². The molecule has 2 rings (SSSR count). The predicted octanol–water partition coefficient (Wildman–Crippen LogP) is 3.02. The lowest BCUT2D eigenvalue weighted by molar-refractivity contribution is -0.118. The van der Waals surface area contributed by atoms with Crippen LogP contribution >= 0.6 is 27.3 Å². The van der Waals surface area contributed by atoms with Crippen molar-refractivity contribution in [3.05, 3.63) is 45.1 Å². The Kier molecular flexibility index (Phi) is 4.95. The number of benzene rings is 1. The molecule has 1 aromatic carbocycles. The highest BCUT2D eigenvalue weighted by Gasteiger charge is 2.08. The van der Waals surface area contributed by atoms with Crippen LogP contribution in [-0.4, -0.2) is 17.6 Å². The number of hydrogen-bond donors (Lipinski definition) is 2. The molecule has 0 bridgehead atoms. The van der Waals surface area contributed by atoms with Crippen molar-refractivity contribution in [2.45, 2.75) is 6.61 Å². The summed E-state index contributed by atoms with van der Waals surface area (Å²) in [6, 6.07) is 9.00. The Labute approximate surface area is 123 Å². The molecule has 0 saturated carbocycles. The van der Waals surface area contributed by atoms with Gasteiger partial charge in [0.2, 0.25) is 0 Å². The number of hydrogen-bond acceptors (Lipinski definition) is 4. The first-order valence-corrected chi connectivity index (χ1v) is 7.22. The molecule has 0 spiro atoms. The minimum absolute atomic E-state index is 0.0671. The van der Waals surface area contributed by atoms with E-state index in [0.717, 1.165) is 9.35 Å². The minimum Gasteiger partial charge on any atom is -0.484 e. The second-order valence-electron chi connectivity index (χ2n) is 3.71. The third-order valence-corrected chi connectivity index (χ3v) is 3.78. The number of halogens is 1. The summed E-state index contributed by atoms with van der Waals surface area (Å²) in [5.41, 5.74) is 0.636. The summed E-state index contributed by atoms with van der Waals surface area (Å²) in [4.78, 5) is 12.4. The van der Waals surface area contributed by atoms with Crippen molar-refractivity contribution in [3.8, 4) is 5.75 Å². The maximum absolute atomic E-state index is 11.7. The molecule has 6 heteroatoms. The largest absolute Gasteiger partial charge is 0.484 e. The van der Waals surface area contributed by atoms with Crippen LogP contribution in [0.5, 0.6) is 5.75 Å². The van der Waals surface area contributed by atoms with E-state index in [9.17, 15) is 4.79 Å². The highest BCUT2D eigenvalue weighted by atomic mass is 79.9. The lowest BCUT2D eigenvalue weighted by Crippen LogP contribution is -2.20. The van der Waals surface area contributed by atoms with Crippen LogP contribution < -0.4 is 10.1 Å². The van der Waals surface area contributed by atoms with Gasteiger partial charge >= 0.3 is 0 Å². The van der Waals surface area contributed by atoms with Gasteiger partial charge in [-0.3, -0.25) is 4.79 Å². The smallest absolute Gasteiger partial charge is 0.262 e.